The first kappa shape index (κ1) is 16.7. The number of rotatable bonds is 2. The van der Waals surface area contributed by atoms with Gasteiger partial charge in [-0.25, -0.2) is 0 Å². The Hall–Kier alpha value is -2.14. The van der Waals surface area contributed by atoms with E-state index in [4.69, 9.17) is 16.3 Å². The molecule has 0 spiro atoms. The predicted molar refractivity (Wildman–Crippen MR) is 88.3 cm³/mol. The highest BCUT2D eigenvalue weighted by molar-refractivity contribution is 6.30. The summed E-state index contributed by atoms with van der Waals surface area (Å²) in [6.45, 7) is 1.82. The van der Waals surface area contributed by atoms with E-state index in [1.165, 1.54) is 7.11 Å². The first-order chi connectivity index (χ1) is 11.4. The number of carbonyl (C=O) groups excluding carboxylic acids is 3. The lowest BCUT2D eigenvalue weighted by Gasteiger charge is -2.36. The van der Waals surface area contributed by atoms with Crippen molar-refractivity contribution in [3.8, 4) is 0 Å². The van der Waals surface area contributed by atoms with Gasteiger partial charge in [-0.3, -0.25) is 14.4 Å². The van der Waals surface area contributed by atoms with E-state index < -0.39 is 11.9 Å². The summed E-state index contributed by atoms with van der Waals surface area (Å²) in [5.41, 5.74) is 1.93. The number of benzene rings is 1. The molecule has 1 aliphatic heterocycles. The number of methoxy groups -OCH3 is 1. The predicted octanol–water partition coefficient (Wildman–Crippen LogP) is 2.60. The SMILES string of the molecule is COC(=O)C1C(=O)C2=C(CC1C)NC(=O)CC2c1cccc(Cl)c1. The summed E-state index contributed by atoms with van der Waals surface area (Å²) in [6, 6.07) is 7.13. The van der Waals surface area contributed by atoms with Gasteiger partial charge in [0.15, 0.2) is 5.78 Å². The maximum atomic E-state index is 13.0. The van der Waals surface area contributed by atoms with Gasteiger partial charge in [0.25, 0.3) is 0 Å². The molecule has 5 nitrogen and oxygen atoms in total. The zero-order valence-corrected chi connectivity index (χ0v) is 14.2. The number of hydrogen-bond donors (Lipinski definition) is 1. The van der Waals surface area contributed by atoms with Gasteiger partial charge < -0.3 is 10.1 Å². The number of esters is 1. The maximum absolute atomic E-state index is 13.0. The number of Topliss-reactive ketones (excluding diaryl/α,β-unsaturated/α-hetero) is 1. The first-order valence-corrected chi connectivity index (χ1v) is 8.20. The van der Waals surface area contributed by atoms with Crippen LogP contribution in [0.5, 0.6) is 0 Å². The molecule has 0 saturated carbocycles. The maximum Gasteiger partial charge on any atom is 0.316 e. The largest absolute Gasteiger partial charge is 0.468 e. The Labute approximate surface area is 145 Å². The lowest BCUT2D eigenvalue weighted by Crippen LogP contribution is -2.44. The van der Waals surface area contributed by atoms with E-state index in [0.29, 0.717) is 22.7 Å². The fourth-order valence-electron chi connectivity index (χ4n) is 3.61. The molecule has 0 saturated heterocycles. The topological polar surface area (TPSA) is 72.5 Å². The molecule has 0 bridgehead atoms. The fraction of sp³-hybridized carbons (Fsp3) is 0.389. The smallest absolute Gasteiger partial charge is 0.316 e. The summed E-state index contributed by atoms with van der Waals surface area (Å²) < 4.78 is 4.80. The standard InChI is InChI=1S/C18H18ClNO4/c1-9-6-13-16(17(22)15(9)18(23)24-2)12(8-14(21)20-13)10-4-3-5-11(19)7-10/h3-5,7,9,12,15H,6,8H2,1-2H3,(H,20,21). The molecule has 1 aliphatic carbocycles. The Balaban J connectivity index is 2.08. The van der Waals surface area contributed by atoms with Crippen LogP contribution in [-0.4, -0.2) is 24.8 Å². The summed E-state index contributed by atoms with van der Waals surface area (Å²) in [6.07, 6.45) is 0.622. The molecular formula is C18H18ClNO4. The second-order valence-corrected chi connectivity index (χ2v) is 6.74. The zero-order chi connectivity index (χ0) is 17.4. The number of amides is 1. The second-order valence-electron chi connectivity index (χ2n) is 6.30. The molecule has 1 N–H and O–H groups in total. The third-order valence-electron chi connectivity index (χ3n) is 4.70. The second kappa shape index (κ2) is 6.40. The highest BCUT2D eigenvalue weighted by Gasteiger charge is 2.45. The van der Waals surface area contributed by atoms with E-state index in [0.717, 1.165) is 5.56 Å². The van der Waals surface area contributed by atoms with Crippen molar-refractivity contribution in [2.24, 2.45) is 11.8 Å². The van der Waals surface area contributed by atoms with Crippen LogP contribution < -0.4 is 5.32 Å². The van der Waals surface area contributed by atoms with Gasteiger partial charge in [0.2, 0.25) is 5.91 Å². The number of hydrogen-bond acceptors (Lipinski definition) is 4. The lowest BCUT2D eigenvalue weighted by molar-refractivity contribution is -0.151. The van der Waals surface area contributed by atoms with Crippen LogP contribution >= 0.6 is 11.6 Å². The summed E-state index contributed by atoms with van der Waals surface area (Å²) in [5.74, 6) is -2.36. The third-order valence-corrected chi connectivity index (χ3v) is 4.94. The van der Waals surface area contributed by atoms with Crippen LogP contribution in [0.2, 0.25) is 5.02 Å². The molecule has 0 fully saturated rings. The van der Waals surface area contributed by atoms with Gasteiger partial charge in [-0.15, -0.1) is 0 Å². The van der Waals surface area contributed by atoms with Crippen LogP contribution in [0.15, 0.2) is 35.5 Å². The molecule has 0 radical (unpaired) electrons. The van der Waals surface area contributed by atoms with Gasteiger partial charge in [0.1, 0.15) is 5.92 Å². The van der Waals surface area contributed by atoms with Crippen molar-refractivity contribution in [1.82, 2.24) is 5.32 Å². The normalized spacial score (nSPS) is 26.7. The highest BCUT2D eigenvalue weighted by Crippen LogP contribution is 2.42. The Morgan fingerprint density at radius 1 is 1.29 bits per heavy atom. The van der Waals surface area contributed by atoms with Crippen molar-refractivity contribution in [3.05, 3.63) is 46.1 Å². The van der Waals surface area contributed by atoms with Gasteiger partial charge in [-0.2, -0.15) is 0 Å². The van der Waals surface area contributed by atoms with Gasteiger partial charge in [-0.1, -0.05) is 30.7 Å². The van der Waals surface area contributed by atoms with Crippen LogP contribution in [-0.2, 0) is 19.1 Å². The van der Waals surface area contributed by atoms with Gasteiger partial charge in [-0.05, 0) is 30.0 Å². The molecule has 24 heavy (non-hydrogen) atoms. The number of carbonyl (C=O) groups is 3. The first-order valence-electron chi connectivity index (χ1n) is 7.82. The average molecular weight is 348 g/mol. The van der Waals surface area contributed by atoms with Crippen molar-refractivity contribution >= 4 is 29.3 Å². The van der Waals surface area contributed by atoms with Gasteiger partial charge in [0, 0.05) is 28.6 Å². The number of ketones is 1. The molecule has 1 aromatic rings. The van der Waals surface area contributed by atoms with Crippen LogP contribution in [0, 0.1) is 11.8 Å². The van der Waals surface area contributed by atoms with Crippen molar-refractivity contribution in [2.45, 2.75) is 25.7 Å². The summed E-state index contributed by atoms with van der Waals surface area (Å²) in [4.78, 5) is 37.1. The quantitative estimate of drug-likeness (QED) is 0.659. The summed E-state index contributed by atoms with van der Waals surface area (Å²) >= 11 is 6.06. The molecule has 1 amide bonds. The van der Waals surface area contributed by atoms with Crippen molar-refractivity contribution in [2.75, 3.05) is 7.11 Å². The van der Waals surface area contributed by atoms with Crippen LogP contribution in [0.25, 0.3) is 0 Å². The van der Waals surface area contributed by atoms with Gasteiger partial charge in [0.05, 0.1) is 7.11 Å². The van der Waals surface area contributed by atoms with Crippen LogP contribution in [0.3, 0.4) is 0 Å². The van der Waals surface area contributed by atoms with Crippen LogP contribution in [0.1, 0.15) is 31.2 Å². The van der Waals surface area contributed by atoms with E-state index in [2.05, 4.69) is 5.32 Å². The molecule has 6 heteroatoms. The lowest BCUT2D eigenvalue weighted by atomic mass is 9.70. The monoisotopic (exact) mass is 347 g/mol. The van der Waals surface area contributed by atoms with E-state index in [-0.39, 0.29) is 29.9 Å². The fourth-order valence-corrected chi connectivity index (χ4v) is 3.80. The number of halogens is 1. The van der Waals surface area contributed by atoms with Crippen molar-refractivity contribution < 1.29 is 19.1 Å². The number of nitrogens with one attached hydrogen (secondary N) is 1. The zero-order valence-electron chi connectivity index (χ0n) is 13.5. The Bertz CT molecular complexity index is 755. The van der Waals surface area contributed by atoms with E-state index in [1.54, 1.807) is 18.2 Å². The van der Waals surface area contributed by atoms with Crippen LogP contribution in [0.4, 0.5) is 0 Å². The summed E-state index contributed by atoms with van der Waals surface area (Å²) in [5, 5.41) is 3.35. The molecule has 1 heterocycles. The molecule has 126 valence electrons. The highest BCUT2D eigenvalue weighted by atomic mass is 35.5. The third kappa shape index (κ3) is 2.84. The average Bonchev–Trinajstić information content (AvgIpc) is 2.53. The minimum Gasteiger partial charge on any atom is -0.468 e. The van der Waals surface area contributed by atoms with Crippen molar-refractivity contribution in [1.29, 1.82) is 0 Å². The molecule has 2 aliphatic rings. The Morgan fingerprint density at radius 3 is 2.71 bits per heavy atom. The molecule has 3 atom stereocenters. The van der Waals surface area contributed by atoms with E-state index in [9.17, 15) is 14.4 Å². The van der Waals surface area contributed by atoms with Gasteiger partial charge >= 0.3 is 5.97 Å². The van der Waals surface area contributed by atoms with E-state index in [1.807, 2.05) is 13.0 Å². The summed E-state index contributed by atoms with van der Waals surface area (Å²) in [7, 11) is 1.28. The Morgan fingerprint density at radius 2 is 2.04 bits per heavy atom. The molecule has 3 unspecified atom stereocenters. The van der Waals surface area contributed by atoms with Crippen molar-refractivity contribution in [3.63, 3.8) is 0 Å². The number of ether oxygens (including phenoxy) is 1. The number of allylic oxidation sites excluding steroid dienone is 2. The Kier molecular flexibility index (Phi) is 4.45. The molecule has 0 aromatic heterocycles. The minimum atomic E-state index is -0.828. The minimum absolute atomic E-state index is 0.129. The molecular weight excluding hydrogens is 330 g/mol. The molecule has 3 rings (SSSR count). The van der Waals surface area contributed by atoms with E-state index >= 15 is 0 Å². The molecule has 1 aromatic carbocycles.